The Morgan fingerprint density at radius 3 is 2.47 bits per heavy atom. The van der Waals surface area contributed by atoms with E-state index in [1.54, 1.807) is 36.4 Å². The van der Waals surface area contributed by atoms with Crippen LogP contribution in [-0.4, -0.2) is 41.5 Å². The molecule has 0 spiro atoms. The molecule has 1 saturated heterocycles. The van der Waals surface area contributed by atoms with E-state index in [1.165, 1.54) is 0 Å². The lowest BCUT2D eigenvalue weighted by molar-refractivity contribution is 0.0698. The maximum absolute atomic E-state index is 13.0. The van der Waals surface area contributed by atoms with Gasteiger partial charge in [-0.25, -0.2) is 0 Å². The number of thiocarbonyl (C=S) groups is 1. The first-order valence-electron chi connectivity index (χ1n) is 11.2. The molecule has 1 aliphatic rings. The minimum Gasteiger partial charge on any atom is -0.494 e. The Balaban J connectivity index is 1.59. The van der Waals surface area contributed by atoms with E-state index in [1.807, 2.05) is 17.0 Å². The van der Waals surface area contributed by atoms with Gasteiger partial charge in [-0.2, -0.15) is 0 Å². The number of ether oxygens (including phenoxy) is 1. The molecular weight excluding hydrogens is 422 g/mol. The zero-order valence-corrected chi connectivity index (χ0v) is 19.5. The van der Waals surface area contributed by atoms with E-state index in [9.17, 15) is 9.59 Å². The lowest BCUT2D eigenvalue weighted by Crippen LogP contribution is -2.39. The molecule has 0 radical (unpaired) electrons. The molecule has 6 nitrogen and oxygen atoms in total. The standard InChI is InChI=1S/C25H31N3O3S/c1-3-4-17-31-20-11-9-19(10-12-20)23(29)27-25(32)26-22-8-6-5-7-21(22)24(30)28-15-13-18(2)14-16-28/h5-12,18H,3-4,13-17H2,1-2H3,(H2,26,27,29,32). The molecule has 2 aromatic carbocycles. The van der Waals surface area contributed by atoms with Crippen LogP contribution < -0.4 is 15.4 Å². The predicted molar refractivity (Wildman–Crippen MR) is 131 cm³/mol. The second-order valence-electron chi connectivity index (χ2n) is 8.15. The van der Waals surface area contributed by atoms with Gasteiger partial charge in [0.25, 0.3) is 11.8 Å². The van der Waals surface area contributed by atoms with Gasteiger partial charge in [-0.15, -0.1) is 0 Å². The second kappa shape index (κ2) is 11.6. The fraction of sp³-hybridized carbons (Fsp3) is 0.400. The number of benzene rings is 2. The molecule has 0 bridgehead atoms. The summed E-state index contributed by atoms with van der Waals surface area (Å²) in [5, 5.41) is 5.84. The first kappa shape index (κ1) is 23.7. The van der Waals surface area contributed by atoms with Crippen LogP contribution in [-0.2, 0) is 0 Å². The average molecular weight is 454 g/mol. The molecule has 2 N–H and O–H groups in total. The quantitative estimate of drug-likeness (QED) is 0.463. The van der Waals surface area contributed by atoms with Crippen molar-refractivity contribution >= 4 is 34.8 Å². The highest BCUT2D eigenvalue weighted by molar-refractivity contribution is 7.80. The van der Waals surface area contributed by atoms with Gasteiger partial charge in [0.1, 0.15) is 5.75 Å². The number of nitrogens with one attached hydrogen (secondary N) is 2. The number of carbonyl (C=O) groups is 2. The molecule has 0 aliphatic carbocycles. The van der Waals surface area contributed by atoms with Crippen LogP contribution in [0.3, 0.4) is 0 Å². The molecule has 1 heterocycles. The summed E-state index contributed by atoms with van der Waals surface area (Å²) in [5.74, 6) is 1.03. The molecule has 2 amide bonds. The van der Waals surface area contributed by atoms with Gasteiger partial charge in [-0.05, 0) is 73.8 Å². The Bertz CT molecular complexity index is 938. The fourth-order valence-electron chi connectivity index (χ4n) is 3.53. The van der Waals surface area contributed by atoms with Crippen LogP contribution in [0.25, 0.3) is 0 Å². The Morgan fingerprint density at radius 2 is 1.78 bits per heavy atom. The average Bonchev–Trinajstić information content (AvgIpc) is 2.80. The Hall–Kier alpha value is -2.93. The van der Waals surface area contributed by atoms with Crippen molar-refractivity contribution in [3.05, 3.63) is 59.7 Å². The van der Waals surface area contributed by atoms with E-state index >= 15 is 0 Å². The summed E-state index contributed by atoms with van der Waals surface area (Å²) in [6.45, 7) is 6.49. The van der Waals surface area contributed by atoms with E-state index in [-0.39, 0.29) is 16.9 Å². The molecule has 0 aromatic heterocycles. The highest BCUT2D eigenvalue weighted by atomic mass is 32.1. The molecule has 1 fully saturated rings. The van der Waals surface area contributed by atoms with Gasteiger partial charge < -0.3 is 15.0 Å². The first-order valence-corrected chi connectivity index (χ1v) is 11.6. The van der Waals surface area contributed by atoms with Gasteiger partial charge >= 0.3 is 0 Å². The lowest BCUT2D eigenvalue weighted by Gasteiger charge is -2.30. The van der Waals surface area contributed by atoms with Crippen molar-refractivity contribution in [1.82, 2.24) is 10.2 Å². The van der Waals surface area contributed by atoms with Gasteiger partial charge in [-0.1, -0.05) is 32.4 Å². The molecule has 0 atom stereocenters. The van der Waals surface area contributed by atoms with Crippen LogP contribution in [0, 0.1) is 5.92 Å². The van der Waals surface area contributed by atoms with Gasteiger partial charge in [0.05, 0.1) is 17.9 Å². The highest BCUT2D eigenvalue weighted by Gasteiger charge is 2.23. The smallest absolute Gasteiger partial charge is 0.257 e. The largest absolute Gasteiger partial charge is 0.494 e. The summed E-state index contributed by atoms with van der Waals surface area (Å²) in [6, 6.07) is 14.2. The molecule has 0 unspecified atom stereocenters. The number of hydrogen-bond donors (Lipinski definition) is 2. The van der Waals surface area contributed by atoms with E-state index < -0.39 is 0 Å². The summed E-state index contributed by atoms with van der Waals surface area (Å²) in [5.41, 5.74) is 1.61. The Kier molecular flexibility index (Phi) is 8.62. The number of unbranched alkanes of at least 4 members (excludes halogenated alkanes) is 1. The summed E-state index contributed by atoms with van der Waals surface area (Å²) < 4.78 is 5.63. The third-order valence-electron chi connectivity index (χ3n) is 5.59. The predicted octanol–water partition coefficient (Wildman–Crippen LogP) is 4.86. The molecule has 170 valence electrons. The molecule has 1 aliphatic heterocycles. The number of anilines is 1. The minimum absolute atomic E-state index is 0.0206. The van der Waals surface area contributed by atoms with Crippen LogP contribution >= 0.6 is 12.2 Å². The maximum atomic E-state index is 13.0. The van der Waals surface area contributed by atoms with Crippen LogP contribution in [0.2, 0.25) is 0 Å². The zero-order valence-electron chi connectivity index (χ0n) is 18.7. The number of rotatable bonds is 7. The van der Waals surface area contributed by atoms with Crippen molar-refractivity contribution in [3.8, 4) is 5.75 Å². The van der Waals surface area contributed by atoms with E-state index in [0.29, 0.717) is 29.3 Å². The first-order chi connectivity index (χ1) is 15.5. The Labute approximate surface area is 195 Å². The topological polar surface area (TPSA) is 70.7 Å². The van der Waals surface area contributed by atoms with Crippen molar-refractivity contribution in [1.29, 1.82) is 0 Å². The normalized spacial score (nSPS) is 14.0. The van der Waals surface area contributed by atoms with Gasteiger partial charge in [0.15, 0.2) is 5.11 Å². The van der Waals surface area contributed by atoms with Crippen molar-refractivity contribution in [2.75, 3.05) is 25.0 Å². The van der Waals surface area contributed by atoms with Crippen LogP contribution in [0.5, 0.6) is 5.75 Å². The number of para-hydroxylation sites is 1. The lowest BCUT2D eigenvalue weighted by atomic mass is 9.98. The second-order valence-corrected chi connectivity index (χ2v) is 8.56. The number of hydrogen-bond acceptors (Lipinski definition) is 4. The third kappa shape index (κ3) is 6.53. The minimum atomic E-state index is -0.323. The summed E-state index contributed by atoms with van der Waals surface area (Å²) >= 11 is 5.33. The molecule has 32 heavy (non-hydrogen) atoms. The number of amides is 2. The monoisotopic (exact) mass is 453 g/mol. The third-order valence-corrected chi connectivity index (χ3v) is 5.79. The SMILES string of the molecule is CCCCOc1ccc(C(=O)NC(=S)Nc2ccccc2C(=O)N2CCC(C)CC2)cc1. The van der Waals surface area contributed by atoms with Crippen molar-refractivity contribution in [2.24, 2.45) is 5.92 Å². The number of nitrogens with zero attached hydrogens (tertiary/aromatic N) is 1. The fourth-order valence-corrected chi connectivity index (χ4v) is 3.73. The van der Waals surface area contributed by atoms with E-state index in [2.05, 4.69) is 24.5 Å². The van der Waals surface area contributed by atoms with Crippen LogP contribution in [0.4, 0.5) is 5.69 Å². The molecule has 2 aromatic rings. The number of piperidine rings is 1. The summed E-state index contributed by atoms with van der Waals surface area (Å²) in [7, 11) is 0. The van der Waals surface area contributed by atoms with Crippen molar-refractivity contribution < 1.29 is 14.3 Å². The zero-order chi connectivity index (χ0) is 22.9. The highest BCUT2D eigenvalue weighted by Crippen LogP contribution is 2.22. The van der Waals surface area contributed by atoms with Crippen LogP contribution in [0.1, 0.15) is 60.2 Å². The summed E-state index contributed by atoms with van der Waals surface area (Å²) in [4.78, 5) is 27.5. The van der Waals surface area contributed by atoms with Crippen LogP contribution in [0.15, 0.2) is 48.5 Å². The van der Waals surface area contributed by atoms with E-state index in [4.69, 9.17) is 17.0 Å². The molecular formula is C25H31N3O3S. The van der Waals surface area contributed by atoms with Crippen molar-refractivity contribution in [2.45, 2.75) is 39.5 Å². The molecule has 3 rings (SSSR count). The van der Waals surface area contributed by atoms with Gasteiger partial charge in [-0.3, -0.25) is 14.9 Å². The van der Waals surface area contributed by atoms with Gasteiger partial charge in [0.2, 0.25) is 0 Å². The van der Waals surface area contributed by atoms with Crippen molar-refractivity contribution in [3.63, 3.8) is 0 Å². The number of likely N-dealkylation sites (tertiary alicyclic amines) is 1. The maximum Gasteiger partial charge on any atom is 0.257 e. The van der Waals surface area contributed by atoms with E-state index in [0.717, 1.165) is 44.5 Å². The number of carbonyl (C=O) groups excluding carboxylic acids is 2. The van der Waals surface area contributed by atoms with Gasteiger partial charge in [0, 0.05) is 18.7 Å². The Morgan fingerprint density at radius 1 is 1.09 bits per heavy atom. The molecule has 0 saturated carbocycles. The molecule has 7 heteroatoms. The summed E-state index contributed by atoms with van der Waals surface area (Å²) in [6.07, 6.45) is 4.08.